The van der Waals surface area contributed by atoms with Gasteiger partial charge in [-0.15, -0.1) is 0 Å². The first-order chi connectivity index (χ1) is 13.1. The van der Waals surface area contributed by atoms with Crippen LogP contribution in [0, 0.1) is 10.1 Å². The van der Waals surface area contributed by atoms with Gasteiger partial charge in [-0.3, -0.25) is 14.7 Å². The molecule has 142 valence electrons. The smallest absolute Gasteiger partial charge is 0.276 e. The van der Waals surface area contributed by atoms with Gasteiger partial charge in [-0.25, -0.2) is 0 Å². The van der Waals surface area contributed by atoms with Crippen LogP contribution in [-0.4, -0.2) is 30.2 Å². The monoisotopic (exact) mass is 385 g/mol. The lowest BCUT2D eigenvalue weighted by Crippen LogP contribution is -2.44. The van der Waals surface area contributed by atoms with Crippen molar-refractivity contribution < 1.29 is 9.49 Å². The lowest BCUT2D eigenvalue weighted by atomic mass is 10.3. The molecule has 6 nitrogen and oxygen atoms in total. The summed E-state index contributed by atoms with van der Waals surface area (Å²) in [6.07, 6.45) is 4.31. The van der Waals surface area contributed by atoms with Gasteiger partial charge in [-0.1, -0.05) is 48.6 Å². The number of allylic oxidation sites excluding steroid dienone is 1. The minimum atomic E-state index is -3.32. The third-order valence-corrected chi connectivity index (χ3v) is 8.17. The molecule has 1 saturated heterocycles. The van der Waals surface area contributed by atoms with Gasteiger partial charge in [-0.2, -0.15) is 0 Å². The normalized spacial score (nSPS) is 17.8. The molecule has 1 aliphatic rings. The Labute approximate surface area is 159 Å². The summed E-state index contributed by atoms with van der Waals surface area (Å²) in [7, 11) is -3.32. The van der Waals surface area contributed by atoms with Crippen molar-refractivity contribution in [3.63, 3.8) is 0 Å². The van der Waals surface area contributed by atoms with Crippen molar-refractivity contribution in [3.8, 4) is 0 Å². The Morgan fingerprint density at radius 3 is 1.93 bits per heavy atom. The highest BCUT2D eigenvalue weighted by Gasteiger charge is 2.48. The van der Waals surface area contributed by atoms with E-state index in [1.54, 1.807) is 12.2 Å². The number of nitro groups is 1. The Bertz CT molecular complexity index is 791. The molecule has 0 amide bonds. The van der Waals surface area contributed by atoms with Gasteiger partial charge in [0, 0.05) is 29.4 Å². The Morgan fingerprint density at radius 2 is 1.52 bits per heavy atom. The summed E-state index contributed by atoms with van der Waals surface area (Å²) < 4.78 is 18.4. The molecule has 0 spiro atoms. The maximum absolute atomic E-state index is 14.6. The van der Waals surface area contributed by atoms with Crippen molar-refractivity contribution in [1.29, 1.82) is 0 Å². The molecule has 1 aliphatic heterocycles. The van der Waals surface area contributed by atoms with E-state index in [0.29, 0.717) is 13.1 Å². The molecule has 1 unspecified atom stereocenters. The Balaban J connectivity index is 2.15. The van der Waals surface area contributed by atoms with Crippen LogP contribution in [0.25, 0.3) is 0 Å². The third-order valence-electron chi connectivity index (χ3n) is 4.72. The van der Waals surface area contributed by atoms with Crippen LogP contribution in [0.15, 0.2) is 72.8 Å². The molecule has 27 heavy (non-hydrogen) atoms. The number of hydrogen-bond donors (Lipinski definition) is 0. The van der Waals surface area contributed by atoms with Crippen LogP contribution in [0.3, 0.4) is 0 Å². The van der Waals surface area contributed by atoms with E-state index in [0.717, 1.165) is 17.8 Å². The lowest BCUT2D eigenvalue weighted by Gasteiger charge is -2.47. The zero-order valence-electron chi connectivity index (χ0n) is 15.3. The van der Waals surface area contributed by atoms with Crippen LogP contribution < -0.4 is 9.34 Å². The summed E-state index contributed by atoms with van der Waals surface area (Å²) in [4.78, 5) is 11.0. The third kappa shape index (κ3) is 3.91. The molecule has 0 saturated carbocycles. The van der Waals surface area contributed by atoms with Crippen molar-refractivity contribution in [2.45, 2.75) is 19.0 Å². The van der Waals surface area contributed by atoms with E-state index >= 15 is 0 Å². The maximum Gasteiger partial charge on any atom is 0.276 e. The lowest BCUT2D eigenvalue weighted by molar-refractivity contribution is -0.477. The largest absolute Gasteiger partial charge is 0.306 e. The number of nitrogens with zero attached hydrogens (tertiary/aromatic N) is 3. The zero-order chi connectivity index (χ0) is 19.3. The van der Waals surface area contributed by atoms with E-state index in [9.17, 15) is 14.7 Å². The minimum absolute atomic E-state index is 0.367. The molecule has 2 aromatic rings. The topological polar surface area (TPSA) is 66.7 Å². The summed E-state index contributed by atoms with van der Waals surface area (Å²) in [5.74, 6) is 0. The van der Waals surface area contributed by atoms with Crippen molar-refractivity contribution in [2.75, 3.05) is 29.0 Å². The molecule has 0 N–H and O–H groups in total. The van der Waals surface area contributed by atoms with Gasteiger partial charge in [0.25, 0.3) is 7.44 Å². The Hall–Kier alpha value is -2.59. The second kappa shape index (κ2) is 8.40. The van der Waals surface area contributed by atoms with Crippen LogP contribution in [0.1, 0.15) is 13.3 Å². The molecule has 2 aromatic carbocycles. The van der Waals surface area contributed by atoms with Crippen molar-refractivity contribution in [3.05, 3.63) is 82.9 Å². The summed E-state index contributed by atoms with van der Waals surface area (Å²) in [5, 5.41) is 11.4. The molecular weight excluding hydrogens is 361 g/mol. The van der Waals surface area contributed by atoms with Gasteiger partial charge < -0.3 is 9.34 Å². The molecule has 0 bridgehead atoms. The van der Waals surface area contributed by atoms with Crippen molar-refractivity contribution in [2.24, 2.45) is 0 Å². The summed E-state index contributed by atoms with van der Waals surface area (Å²) in [6.45, 7) is 2.66. The molecule has 1 atom stereocenters. The SMILES string of the molecule is C/C=C/C(C[N+](=O)[O-])P1(=O)N(c2ccccc2)CCCN1c1ccccc1. The van der Waals surface area contributed by atoms with Crippen molar-refractivity contribution in [1.82, 2.24) is 0 Å². The van der Waals surface area contributed by atoms with Gasteiger partial charge in [0.15, 0.2) is 0 Å². The summed E-state index contributed by atoms with van der Waals surface area (Å²) in [5.41, 5.74) is 0.969. The average molecular weight is 385 g/mol. The molecular formula is C20H24N3O3P. The fourth-order valence-electron chi connectivity index (χ4n) is 3.59. The average Bonchev–Trinajstić information content (AvgIpc) is 2.69. The van der Waals surface area contributed by atoms with Gasteiger partial charge in [0.2, 0.25) is 6.54 Å². The van der Waals surface area contributed by atoms with Crippen molar-refractivity contribution >= 4 is 18.8 Å². The molecule has 0 aromatic heterocycles. The zero-order valence-corrected chi connectivity index (χ0v) is 16.2. The Kier molecular flexibility index (Phi) is 5.97. The molecule has 3 rings (SSSR count). The number of benzene rings is 2. The van der Waals surface area contributed by atoms with Gasteiger partial charge >= 0.3 is 0 Å². The van der Waals surface area contributed by atoms with E-state index in [1.807, 2.05) is 76.9 Å². The first-order valence-electron chi connectivity index (χ1n) is 9.08. The number of rotatable bonds is 6. The standard InChI is InChI=1S/C20H24N3O3P/c1-2-10-20(17-23(24)25)27(26)21(18-11-5-3-6-12-18)15-9-16-22(27)19-13-7-4-8-14-19/h2-8,10-14,20H,9,15-17H2,1H3/b10-2+. The van der Waals surface area contributed by atoms with E-state index in [1.165, 1.54) is 0 Å². The number of para-hydroxylation sites is 2. The number of anilines is 2. The first kappa shape index (κ1) is 19.2. The van der Waals surface area contributed by atoms with Crippen LogP contribution >= 0.6 is 7.44 Å². The number of hydrogen-bond acceptors (Lipinski definition) is 3. The van der Waals surface area contributed by atoms with E-state index in [4.69, 9.17) is 0 Å². The van der Waals surface area contributed by atoms with E-state index < -0.39 is 13.1 Å². The highest BCUT2D eigenvalue weighted by Crippen LogP contribution is 2.62. The van der Waals surface area contributed by atoms with Gasteiger partial charge in [0.05, 0.1) is 0 Å². The summed E-state index contributed by atoms with van der Waals surface area (Å²) >= 11 is 0. The molecule has 0 radical (unpaired) electrons. The first-order valence-corrected chi connectivity index (χ1v) is 10.8. The molecule has 0 aliphatic carbocycles. The van der Waals surface area contributed by atoms with E-state index in [2.05, 4.69) is 0 Å². The van der Waals surface area contributed by atoms with E-state index in [-0.39, 0.29) is 11.5 Å². The fraction of sp³-hybridized carbons (Fsp3) is 0.300. The maximum atomic E-state index is 14.6. The fourth-order valence-corrected chi connectivity index (χ4v) is 7.09. The molecule has 1 heterocycles. The predicted molar refractivity (Wildman–Crippen MR) is 110 cm³/mol. The Morgan fingerprint density at radius 1 is 1.04 bits per heavy atom. The van der Waals surface area contributed by atoms with Crippen LogP contribution in [0.4, 0.5) is 11.4 Å². The second-order valence-corrected chi connectivity index (χ2v) is 9.28. The molecule has 1 fully saturated rings. The van der Waals surface area contributed by atoms with Gasteiger partial charge in [0.1, 0.15) is 5.66 Å². The highest BCUT2D eigenvalue weighted by molar-refractivity contribution is 7.68. The quantitative estimate of drug-likeness (QED) is 0.309. The van der Waals surface area contributed by atoms with Crippen LogP contribution in [-0.2, 0) is 4.57 Å². The van der Waals surface area contributed by atoms with Crippen LogP contribution in [0.2, 0.25) is 0 Å². The second-order valence-electron chi connectivity index (χ2n) is 6.47. The summed E-state index contributed by atoms with van der Waals surface area (Å²) in [6, 6.07) is 19.1. The predicted octanol–water partition coefficient (Wildman–Crippen LogP) is 4.82. The van der Waals surface area contributed by atoms with Gasteiger partial charge in [-0.05, 0) is 37.6 Å². The molecule has 7 heteroatoms. The minimum Gasteiger partial charge on any atom is -0.306 e. The van der Waals surface area contributed by atoms with Crippen LogP contribution in [0.5, 0.6) is 0 Å². The highest BCUT2D eigenvalue weighted by atomic mass is 31.2.